The summed E-state index contributed by atoms with van der Waals surface area (Å²) in [6.07, 6.45) is 1.55. The van der Waals surface area contributed by atoms with Gasteiger partial charge in [0.2, 0.25) is 0 Å². The van der Waals surface area contributed by atoms with Gasteiger partial charge in [0.25, 0.3) is 5.56 Å². The highest BCUT2D eigenvalue weighted by molar-refractivity contribution is 5.86. The van der Waals surface area contributed by atoms with Crippen molar-refractivity contribution < 1.29 is 19.4 Å². The van der Waals surface area contributed by atoms with E-state index in [0.29, 0.717) is 11.5 Å². The van der Waals surface area contributed by atoms with Crippen molar-refractivity contribution in [1.29, 1.82) is 0 Å². The SMILES string of the molecule is COc1ccc(Cn2cccc(C(=O)O)c2=O)cc1OC. The van der Waals surface area contributed by atoms with Crippen LogP contribution in [-0.4, -0.2) is 29.9 Å². The highest BCUT2D eigenvalue weighted by Crippen LogP contribution is 2.27. The van der Waals surface area contributed by atoms with Crippen LogP contribution in [0.2, 0.25) is 0 Å². The number of aromatic nitrogens is 1. The molecule has 110 valence electrons. The molecule has 0 saturated carbocycles. The number of carboxylic acids is 1. The van der Waals surface area contributed by atoms with Crippen LogP contribution in [0.4, 0.5) is 0 Å². The molecule has 0 aliphatic heterocycles. The third-order valence-electron chi connectivity index (χ3n) is 3.05. The average molecular weight is 289 g/mol. The van der Waals surface area contributed by atoms with Gasteiger partial charge in [0, 0.05) is 6.20 Å². The van der Waals surface area contributed by atoms with Crippen molar-refractivity contribution in [3.8, 4) is 11.5 Å². The molecule has 1 heterocycles. The summed E-state index contributed by atoms with van der Waals surface area (Å²) in [5.41, 5.74) is 0.00931. The van der Waals surface area contributed by atoms with E-state index in [1.165, 1.54) is 23.8 Å². The molecule has 0 spiro atoms. The number of methoxy groups -OCH3 is 2. The van der Waals surface area contributed by atoms with Crippen molar-refractivity contribution in [2.45, 2.75) is 6.54 Å². The first-order valence-corrected chi connectivity index (χ1v) is 6.20. The van der Waals surface area contributed by atoms with Crippen LogP contribution < -0.4 is 15.0 Å². The minimum absolute atomic E-state index is 0.250. The summed E-state index contributed by atoms with van der Waals surface area (Å²) in [7, 11) is 3.07. The van der Waals surface area contributed by atoms with E-state index in [9.17, 15) is 9.59 Å². The van der Waals surface area contributed by atoms with Crippen LogP contribution in [-0.2, 0) is 6.54 Å². The number of carboxylic acid groups (broad SMARTS) is 1. The van der Waals surface area contributed by atoms with Gasteiger partial charge in [-0.25, -0.2) is 4.79 Å². The molecule has 1 aromatic heterocycles. The molecular formula is C15H15NO5. The number of nitrogens with zero attached hydrogens (tertiary/aromatic N) is 1. The van der Waals surface area contributed by atoms with Crippen LogP contribution in [0.15, 0.2) is 41.3 Å². The van der Waals surface area contributed by atoms with Gasteiger partial charge < -0.3 is 19.1 Å². The number of aromatic carboxylic acids is 1. The Bertz CT molecular complexity index is 720. The number of pyridine rings is 1. The summed E-state index contributed by atoms with van der Waals surface area (Å²) >= 11 is 0. The summed E-state index contributed by atoms with van der Waals surface area (Å²) < 4.78 is 11.7. The van der Waals surface area contributed by atoms with E-state index in [1.54, 1.807) is 31.5 Å². The van der Waals surface area contributed by atoms with Crippen LogP contribution >= 0.6 is 0 Å². The van der Waals surface area contributed by atoms with Gasteiger partial charge in [0.15, 0.2) is 11.5 Å². The molecule has 0 bridgehead atoms. The number of hydrogen-bond donors (Lipinski definition) is 1. The molecule has 6 heteroatoms. The van der Waals surface area contributed by atoms with E-state index < -0.39 is 11.5 Å². The van der Waals surface area contributed by atoms with Gasteiger partial charge in [0.1, 0.15) is 5.56 Å². The molecule has 0 amide bonds. The topological polar surface area (TPSA) is 77.8 Å². The molecule has 0 unspecified atom stereocenters. The zero-order chi connectivity index (χ0) is 15.4. The van der Waals surface area contributed by atoms with Gasteiger partial charge in [0.05, 0.1) is 20.8 Å². The van der Waals surface area contributed by atoms with Gasteiger partial charge in [-0.1, -0.05) is 6.07 Å². The van der Waals surface area contributed by atoms with Crippen LogP contribution in [0.3, 0.4) is 0 Å². The highest BCUT2D eigenvalue weighted by Gasteiger charge is 2.11. The predicted octanol–water partition coefficient (Wildman–Crippen LogP) is 1.61. The van der Waals surface area contributed by atoms with Crippen molar-refractivity contribution in [1.82, 2.24) is 4.57 Å². The van der Waals surface area contributed by atoms with Crippen LogP contribution in [0.1, 0.15) is 15.9 Å². The Balaban J connectivity index is 2.37. The summed E-state index contributed by atoms with van der Waals surface area (Å²) in [4.78, 5) is 23.0. The van der Waals surface area contributed by atoms with E-state index in [1.807, 2.05) is 0 Å². The monoisotopic (exact) mass is 289 g/mol. The van der Waals surface area contributed by atoms with Crippen molar-refractivity contribution in [3.05, 3.63) is 58.0 Å². The van der Waals surface area contributed by atoms with Crippen molar-refractivity contribution >= 4 is 5.97 Å². The lowest BCUT2D eigenvalue weighted by Crippen LogP contribution is -2.25. The Kier molecular flexibility index (Phi) is 4.27. The minimum Gasteiger partial charge on any atom is -0.493 e. The van der Waals surface area contributed by atoms with Crippen LogP contribution in [0.5, 0.6) is 11.5 Å². The molecule has 0 saturated heterocycles. The predicted molar refractivity (Wildman–Crippen MR) is 76.3 cm³/mol. The van der Waals surface area contributed by atoms with Crippen LogP contribution in [0.25, 0.3) is 0 Å². The van der Waals surface area contributed by atoms with Crippen molar-refractivity contribution in [3.63, 3.8) is 0 Å². The molecule has 21 heavy (non-hydrogen) atoms. The summed E-state index contributed by atoms with van der Waals surface area (Å²) in [5, 5.41) is 8.96. The molecule has 0 radical (unpaired) electrons. The molecule has 1 aromatic carbocycles. The number of hydrogen-bond acceptors (Lipinski definition) is 4. The maximum Gasteiger partial charge on any atom is 0.341 e. The Morgan fingerprint density at radius 1 is 1.19 bits per heavy atom. The number of carbonyl (C=O) groups is 1. The molecule has 0 aliphatic rings. The summed E-state index contributed by atoms with van der Waals surface area (Å²) in [6.45, 7) is 0.250. The highest BCUT2D eigenvalue weighted by atomic mass is 16.5. The lowest BCUT2D eigenvalue weighted by atomic mass is 10.2. The van der Waals surface area contributed by atoms with E-state index >= 15 is 0 Å². The second-order valence-electron chi connectivity index (χ2n) is 4.35. The Labute approximate surface area is 121 Å². The average Bonchev–Trinajstić information content (AvgIpc) is 2.48. The molecule has 2 rings (SSSR count). The zero-order valence-electron chi connectivity index (χ0n) is 11.7. The summed E-state index contributed by atoms with van der Waals surface area (Å²) in [6, 6.07) is 8.10. The Morgan fingerprint density at radius 2 is 1.90 bits per heavy atom. The largest absolute Gasteiger partial charge is 0.493 e. The second-order valence-corrected chi connectivity index (χ2v) is 4.35. The maximum absolute atomic E-state index is 12.0. The number of ether oxygens (including phenoxy) is 2. The van der Waals surface area contributed by atoms with Gasteiger partial charge in [-0.2, -0.15) is 0 Å². The van der Waals surface area contributed by atoms with E-state index in [0.717, 1.165) is 5.56 Å². The third-order valence-corrected chi connectivity index (χ3v) is 3.05. The molecular weight excluding hydrogens is 274 g/mol. The van der Waals surface area contributed by atoms with Gasteiger partial charge in [-0.15, -0.1) is 0 Å². The number of rotatable bonds is 5. The first kappa shape index (κ1) is 14.6. The fourth-order valence-corrected chi connectivity index (χ4v) is 2.00. The van der Waals surface area contributed by atoms with E-state index in [2.05, 4.69) is 0 Å². The van der Waals surface area contributed by atoms with Gasteiger partial charge >= 0.3 is 5.97 Å². The molecule has 2 aromatic rings. The first-order chi connectivity index (χ1) is 10.1. The smallest absolute Gasteiger partial charge is 0.341 e. The van der Waals surface area contributed by atoms with E-state index in [4.69, 9.17) is 14.6 Å². The van der Waals surface area contributed by atoms with Crippen molar-refractivity contribution in [2.75, 3.05) is 14.2 Å². The lowest BCUT2D eigenvalue weighted by molar-refractivity contribution is 0.0694. The molecule has 0 fully saturated rings. The van der Waals surface area contributed by atoms with Gasteiger partial charge in [-0.3, -0.25) is 4.79 Å². The molecule has 0 aliphatic carbocycles. The second kappa shape index (κ2) is 6.13. The van der Waals surface area contributed by atoms with Crippen molar-refractivity contribution in [2.24, 2.45) is 0 Å². The zero-order valence-corrected chi connectivity index (χ0v) is 11.7. The summed E-state index contributed by atoms with van der Waals surface area (Å²) in [5.74, 6) is -0.0908. The van der Waals surface area contributed by atoms with Gasteiger partial charge in [-0.05, 0) is 29.8 Å². The Hall–Kier alpha value is -2.76. The molecule has 6 nitrogen and oxygen atoms in total. The molecule has 0 atom stereocenters. The Morgan fingerprint density at radius 3 is 2.52 bits per heavy atom. The standard InChI is InChI=1S/C15H15NO5/c1-20-12-6-5-10(8-13(12)21-2)9-16-7-3-4-11(14(16)17)15(18)19/h3-8H,9H2,1-2H3,(H,18,19). The normalized spacial score (nSPS) is 10.2. The fraction of sp³-hybridized carbons (Fsp3) is 0.200. The first-order valence-electron chi connectivity index (χ1n) is 6.20. The molecule has 1 N–H and O–H groups in total. The lowest BCUT2D eigenvalue weighted by Gasteiger charge is -2.11. The third kappa shape index (κ3) is 3.05. The quantitative estimate of drug-likeness (QED) is 0.904. The fourth-order valence-electron chi connectivity index (χ4n) is 2.00. The minimum atomic E-state index is -1.23. The van der Waals surface area contributed by atoms with E-state index in [-0.39, 0.29) is 12.1 Å². The van der Waals surface area contributed by atoms with Crippen LogP contribution in [0, 0.1) is 0 Å². The maximum atomic E-state index is 12.0. The number of benzene rings is 1.